The summed E-state index contributed by atoms with van der Waals surface area (Å²) in [5.74, 6) is -0.231. The zero-order valence-electron chi connectivity index (χ0n) is 10.8. The highest BCUT2D eigenvalue weighted by molar-refractivity contribution is 5.96. The molecule has 3 rings (SSSR count). The van der Waals surface area contributed by atoms with E-state index in [1.165, 1.54) is 12.1 Å². The summed E-state index contributed by atoms with van der Waals surface area (Å²) in [5.41, 5.74) is 9.55. The molecule has 1 heterocycles. The Hall–Kier alpha value is -2.62. The number of nitrogen functional groups attached to an aromatic ring is 1. The van der Waals surface area contributed by atoms with Crippen molar-refractivity contribution in [2.24, 2.45) is 0 Å². The summed E-state index contributed by atoms with van der Waals surface area (Å²) in [6.45, 7) is 0.594. The Morgan fingerprint density at radius 2 is 1.85 bits per heavy atom. The molecule has 2 aromatic carbocycles. The largest absolute Gasteiger partial charge is 0.397 e. The molecule has 0 atom stereocenters. The summed E-state index contributed by atoms with van der Waals surface area (Å²) >= 11 is 0. The first-order valence-electron chi connectivity index (χ1n) is 6.35. The zero-order valence-corrected chi connectivity index (χ0v) is 10.8. The van der Waals surface area contributed by atoms with Gasteiger partial charge in [0, 0.05) is 18.1 Å². The molecule has 3 N–H and O–H groups in total. The first kappa shape index (κ1) is 12.4. The van der Waals surface area contributed by atoms with E-state index in [0.29, 0.717) is 12.2 Å². The van der Waals surface area contributed by atoms with E-state index in [4.69, 9.17) is 5.73 Å². The number of halogens is 1. The Kier molecular flexibility index (Phi) is 3.21. The van der Waals surface area contributed by atoms with Crippen molar-refractivity contribution in [2.75, 3.05) is 11.1 Å². The number of nitrogens with two attached hydrogens (primary N) is 1. The molecule has 4 heteroatoms. The van der Waals surface area contributed by atoms with E-state index >= 15 is 0 Å². The van der Waals surface area contributed by atoms with E-state index in [0.717, 1.165) is 22.2 Å². The lowest BCUT2D eigenvalue weighted by Crippen LogP contribution is -2.03. The van der Waals surface area contributed by atoms with Gasteiger partial charge in [-0.2, -0.15) is 0 Å². The average molecular weight is 267 g/mol. The van der Waals surface area contributed by atoms with Crippen molar-refractivity contribution in [3.8, 4) is 0 Å². The van der Waals surface area contributed by atoms with Gasteiger partial charge in [0.1, 0.15) is 5.82 Å². The van der Waals surface area contributed by atoms with E-state index in [1.54, 1.807) is 18.3 Å². The number of rotatable bonds is 3. The molecule has 3 nitrogen and oxygen atoms in total. The number of nitrogens with zero attached hydrogens (tertiary/aromatic N) is 1. The summed E-state index contributed by atoms with van der Waals surface area (Å²) in [5, 5.41) is 4.19. The van der Waals surface area contributed by atoms with Crippen LogP contribution in [-0.2, 0) is 6.54 Å². The van der Waals surface area contributed by atoms with Crippen LogP contribution in [0.4, 0.5) is 15.8 Å². The Labute approximate surface area is 116 Å². The number of anilines is 2. The van der Waals surface area contributed by atoms with Gasteiger partial charge in [-0.1, -0.05) is 12.1 Å². The molecular formula is C16H14FN3. The first-order chi connectivity index (χ1) is 9.74. The highest BCUT2D eigenvalue weighted by Gasteiger charge is 2.04. The molecule has 0 fully saturated rings. The Morgan fingerprint density at radius 3 is 2.65 bits per heavy atom. The first-order valence-corrected chi connectivity index (χ1v) is 6.35. The lowest BCUT2D eigenvalue weighted by molar-refractivity contribution is 0.627. The van der Waals surface area contributed by atoms with Gasteiger partial charge in [0.2, 0.25) is 0 Å². The molecule has 0 saturated carbocycles. The lowest BCUT2D eigenvalue weighted by atomic mass is 10.1. The van der Waals surface area contributed by atoms with Gasteiger partial charge in [0.05, 0.1) is 16.9 Å². The Balaban J connectivity index is 1.84. The van der Waals surface area contributed by atoms with Crippen LogP contribution in [-0.4, -0.2) is 4.98 Å². The van der Waals surface area contributed by atoms with E-state index in [1.807, 2.05) is 24.3 Å². The molecule has 100 valence electrons. The maximum atomic E-state index is 12.8. The van der Waals surface area contributed by atoms with Crippen molar-refractivity contribution in [1.82, 2.24) is 4.98 Å². The second-order valence-corrected chi connectivity index (χ2v) is 4.58. The minimum Gasteiger partial charge on any atom is -0.397 e. The quantitative estimate of drug-likeness (QED) is 0.713. The maximum Gasteiger partial charge on any atom is 0.123 e. The van der Waals surface area contributed by atoms with Gasteiger partial charge >= 0.3 is 0 Å². The zero-order chi connectivity index (χ0) is 13.9. The minimum absolute atomic E-state index is 0.231. The fourth-order valence-corrected chi connectivity index (χ4v) is 2.13. The van der Waals surface area contributed by atoms with Crippen molar-refractivity contribution in [3.63, 3.8) is 0 Å². The van der Waals surface area contributed by atoms with Crippen LogP contribution in [0.25, 0.3) is 10.9 Å². The predicted molar refractivity (Wildman–Crippen MR) is 79.9 cm³/mol. The predicted octanol–water partition coefficient (Wildman–Crippen LogP) is 3.57. The van der Waals surface area contributed by atoms with Gasteiger partial charge in [-0.25, -0.2) is 4.39 Å². The number of pyridine rings is 1. The number of fused-ring (bicyclic) bond motifs is 1. The molecule has 0 aliphatic rings. The number of hydrogen-bond acceptors (Lipinski definition) is 3. The molecule has 0 spiro atoms. The van der Waals surface area contributed by atoms with Crippen LogP contribution in [0.5, 0.6) is 0 Å². The van der Waals surface area contributed by atoms with E-state index < -0.39 is 0 Å². The number of aromatic nitrogens is 1. The van der Waals surface area contributed by atoms with Crippen LogP contribution in [0.15, 0.2) is 54.7 Å². The topological polar surface area (TPSA) is 50.9 Å². The van der Waals surface area contributed by atoms with Crippen molar-refractivity contribution >= 4 is 22.3 Å². The van der Waals surface area contributed by atoms with Crippen molar-refractivity contribution in [3.05, 3.63) is 66.1 Å². The fraction of sp³-hybridized carbons (Fsp3) is 0.0625. The molecule has 0 aliphatic carbocycles. The fourth-order valence-electron chi connectivity index (χ4n) is 2.13. The van der Waals surface area contributed by atoms with Crippen molar-refractivity contribution in [1.29, 1.82) is 0 Å². The van der Waals surface area contributed by atoms with Crippen LogP contribution >= 0.6 is 0 Å². The van der Waals surface area contributed by atoms with Crippen LogP contribution in [0.2, 0.25) is 0 Å². The minimum atomic E-state index is -0.231. The molecule has 20 heavy (non-hydrogen) atoms. The van der Waals surface area contributed by atoms with E-state index in [-0.39, 0.29) is 5.82 Å². The number of hydrogen-bond donors (Lipinski definition) is 2. The third kappa shape index (κ3) is 2.40. The molecule has 0 radical (unpaired) electrons. The van der Waals surface area contributed by atoms with Crippen LogP contribution < -0.4 is 11.1 Å². The van der Waals surface area contributed by atoms with Gasteiger partial charge in [0.15, 0.2) is 0 Å². The Bertz CT molecular complexity index is 738. The summed E-state index contributed by atoms with van der Waals surface area (Å²) in [4.78, 5) is 4.26. The molecule has 0 unspecified atom stereocenters. The molecule has 0 bridgehead atoms. The molecule has 0 aliphatic heterocycles. The summed E-state index contributed by atoms with van der Waals surface area (Å²) in [7, 11) is 0. The molecule has 1 aromatic heterocycles. The standard InChI is InChI=1S/C16H14FN3/c17-12-5-3-11(4-6-12)10-20-15-8-7-14-13(16(15)18)2-1-9-19-14/h1-9,20H,10,18H2. The molecule has 0 saturated heterocycles. The van der Waals surface area contributed by atoms with E-state index in [9.17, 15) is 4.39 Å². The Morgan fingerprint density at radius 1 is 1.05 bits per heavy atom. The maximum absolute atomic E-state index is 12.8. The second kappa shape index (κ2) is 5.17. The van der Waals surface area contributed by atoms with Gasteiger partial charge in [0.25, 0.3) is 0 Å². The highest BCUT2D eigenvalue weighted by Crippen LogP contribution is 2.27. The van der Waals surface area contributed by atoms with Gasteiger partial charge in [-0.05, 0) is 42.0 Å². The van der Waals surface area contributed by atoms with E-state index in [2.05, 4.69) is 10.3 Å². The lowest BCUT2D eigenvalue weighted by Gasteiger charge is -2.11. The van der Waals surface area contributed by atoms with Gasteiger partial charge < -0.3 is 11.1 Å². The van der Waals surface area contributed by atoms with Gasteiger partial charge in [-0.15, -0.1) is 0 Å². The van der Waals surface area contributed by atoms with Crippen molar-refractivity contribution in [2.45, 2.75) is 6.54 Å². The third-order valence-electron chi connectivity index (χ3n) is 3.22. The molecule has 3 aromatic rings. The van der Waals surface area contributed by atoms with Gasteiger partial charge in [-0.3, -0.25) is 4.98 Å². The summed E-state index contributed by atoms with van der Waals surface area (Å²) < 4.78 is 12.8. The highest BCUT2D eigenvalue weighted by atomic mass is 19.1. The smallest absolute Gasteiger partial charge is 0.123 e. The summed E-state index contributed by atoms with van der Waals surface area (Å²) in [6.07, 6.45) is 1.74. The van der Waals surface area contributed by atoms with Crippen LogP contribution in [0.1, 0.15) is 5.56 Å². The summed E-state index contributed by atoms with van der Waals surface area (Å²) in [6, 6.07) is 14.0. The second-order valence-electron chi connectivity index (χ2n) is 4.58. The number of benzene rings is 2. The molecular weight excluding hydrogens is 253 g/mol. The average Bonchev–Trinajstić information content (AvgIpc) is 2.49. The monoisotopic (exact) mass is 267 g/mol. The third-order valence-corrected chi connectivity index (χ3v) is 3.22. The SMILES string of the molecule is Nc1c(NCc2ccc(F)cc2)ccc2ncccc12. The van der Waals surface area contributed by atoms with Crippen LogP contribution in [0.3, 0.4) is 0 Å². The number of nitrogens with one attached hydrogen (secondary N) is 1. The van der Waals surface area contributed by atoms with Crippen molar-refractivity contribution < 1.29 is 4.39 Å². The normalized spacial score (nSPS) is 10.7. The molecule has 0 amide bonds. The van der Waals surface area contributed by atoms with Crippen LogP contribution in [0, 0.1) is 5.82 Å².